The fourth-order valence-corrected chi connectivity index (χ4v) is 2.81. The molecule has 0 saturated heterocycles. The smallest absolute Gasteiger partial charge is 0.0471 e. The molecule has 0 bridgehead atoms. The first-order chi connectivity index (χ1) is 8.42. The van der Waals surface area contributed by atoms with Gasteiger partial charge in [0.1, 0.15) is 0 Å². The molecule has 17 heavy (non-hydrogen) atoms. The highest BCUT2D eigenvalue weighted by molar-refractivity contribution is 5.78. The van der Waals surface area contributed by atoms with Crippen LogP contribution in [-0.4, -0.2) is 13.7 Å². The van der Waals surface area contributed by atoms with Crippen LogP contribution in [0, 0.1) is 0 Å². The van der Waals surface area contributed by atoms with E-state index in [1.165, 1.54) is 22.3 Å². The van der Waals surface area contributed by atoms with E-state index in [9.17, 15) is 0 Å². The van der Waals surface area contributed by atoms with E-state index in [4.69, 9.17) is 4.74 Å². The van der Waals surface area contributed by atoms with Crippen molar-refractivity contribution in [1.29, 1.82) is 0 Å². The Kier molecular flexibility index (Phi) is 2.69. The van der Waals surface area contributed by atoms with Gasteiger partial charge in [-0.05, 0) is 28.7 Å². The first-order valence-electron chi connectivity index (χ1n) is 6.09. The third kappa shape index (κ3) is 1.67. The van der Waals surface area contributed by atoms with Gasteiger partial charge in [-0.3, -0.25) is 0 Å². The van der Waals surface area contributed by atoms with Crippen molar-refractivity contribution < 1.29 is 4.74 Å². The Labute approximate surface area is 102 Å². The molecule has 2 aromatic rings. The zero-order valence-corrected chi connectivity index (χ0v) is 10.0. The number of benzene rings is 2. The Hall–Kier alpha value is -1.60. The van der Waals surface area contributed by atoms with Gasteiger partial charge in [-0.1, -0.05) is 48.5 Å². The van der Waals surface area contributed by atoms with Crippen LogP contribution in [0.3, 0.4) is 0 Å². The van der Waals surface area contributed by atoms with Gasteiger partial charge in [0.2, 0.25) is 0 Å². The van der Waals surface area contributed by atoms with Crippen LogP contribution < -0.4 is 0 Å². The van der Waals surface area contributed by atoms with Crippen LogP contribution in [-0.2, 0) is 4.74 Å². The van der Waals surface area contributed by atoms with Gasteiger partial charge < -0.3 is 4.74 Å². The van der Waals surface area contributed by atoms with Crippen molar-refractivity contribution in [2.24, 2.45) is 0 Å². The quantitative estimate of drug-likeness (QED) is 0.769. The lowest BCUT2D eigenvalue weighted by atomic mass is 9.94. The average molecular weight is 224 g/mol. The molecule has 1 aliphatic rings. The zero-order valence-electron chi connectivity index (χ0n) is 10.0. The van der Waals surface area contributed by atoms with Crippen LogP contribution in [0.2, 0.25) is 0 Å². The van der Waals surface area contributed by atoms with Crippen molar-refractivity contribution in [3.63, 3.8) is 0 Å². The molecule has 2 aromatic carbocycles. The summed E-state index contributed by atoms with van der Waals surface area (Å²) >= 11 is 0. The molecule has 0 spiro atoms. The molecular weight excluding hydrogens is 208 g/mol. The lowest BCUT2D eigenvalue weighted by molar-refractivity contribution is 0.191. The maximum Gasteiger partial charge on any atom is 0.0471 e. The summed E-state index contributed by atoms with van der Waals surface area (Å²) in [7, 11) is 1.77. The normalized spacial score (nSPS) is 13.5. The molecule has 0 saturated carbocycles. The van der Waals surface area contributed by atoms with Gasteiger partial charge in [-0.2, -0.15) is 0 Å². The summed E-state index contributed by atoms with van der Waals surface area (Å²) in [4.78, 5) is 0. The van der Waals surface area contributed by atoms with Crippen LogP contribution >= 0.6 is 0 Å². The zero-order chi connectivity index (χ0) is 11.7. The number of hydrogen-bond donors (Lipinski definition) is 0. The number of hydrogen-bond acceptors (Lipinski definition) is 1. The average Bonchev–Trinajstić information content (AvgIpc) is 2.71. The summed E-state index contributed by atoms with van der Waals surface area (Å²) < 4.78 is 5.23. The highest BCUT2D eigenvalue weighted by Crippen LogP contribution is 2.45. The maximum atomic E-state index is 5.23. The van der Waals surface area contributed by atoms with E-state index < -0.39 is 0 Å². The minimum Gasteiger partial charge on any atom is -0.385 e. The second-order valence-corrected chi connectivity index (χ2v) is 4.51. The molecule has 0 aromatic heterocycles. The van der Waals surface area contributed by atoms with E-state index in [0.717, 1.165) is 13.0 Å². The van der Waals surface area contributed by atoms with E-state index in [1.54, 1.807) is 7.11 Å². The van der Waals surface area contributed by atoms with Gasteiger partial charge in [-0.15, -0.1) is 0 Å². The largest absolute Gasteiger partial charge is 0.385 e. The molecule has 0 N–H and O–H groups in total. The van der Waals surface area contributed by atoms with Gasteiger partial charge in [-0.25, -0.2) is 0 Å². The number of methoxy groups -OCH3 is 1. The lowest BCUT2D eigenvalue weighted by Gasteiger charge is -2.12. The van der Waals surface area contributed by atoms with Crippen LogP contribution in [0.15, 0.2) is 48.5 Å². The molecule has 86 valence electrons. The SMILES string of the molecule is COCCC1c2ccccc2-c2ccccc21. The first kappa shape index (κ1) is 10.5. The Bertz CT molecular complexity index is 485. The Balaban J connectivity index is 2.10. The fraction of sp³-hybridized carbons (Fsp3) is 0.250. The standard InChI is InChI=1S/C16H16O/c1-17-11-10-16-14-8-4-2-6-12(14)13-7-3-5-9-15(13)16/h2-9,16H,10-11H2,1H3. The predicted octanol–water partition coefficient (Wildman–Crippen LogP) is 3.84. The third-order valence-corrected chi connectivity index (χ3v) is 3.57. The second kappa shape index (κ2) is 4.34. The fourth-order valence-electron chi connectivity index (χ4n) is 2.81. The third-order valence-electron chi connectivity index (χ3n) is 3.57. The van der Waals surface area contributed by atoms with Crippen LogP contribution in [0.25, 0.3) is 11.1 Å². The van der Waals surface area contributed by atoms with E-state index in [-0.39, 0.29) is 0 Å². The molecule has 0 unspecified atom stereocenters. The number of ether oxygens (including phenoxy) is 1. The minimum atomic E-state index is 0.502. The first-order valence-corrected chi connectivity index (χ1v) is 6.09. The maximum absolute atomic E-state index is 5.23. The van der Waals surface area contributed by atoms with E-state index in [0.29, 0.717) is 5.92 Å². The lowest BCUT2D eigenvalue weighted by Crippen LogP contribution is -2.01. The molecule has 0 heterocycles. The van der Waals surface area contributed by atoms with Gasteiger partial charge in [0.25, 0.3) is 0 Å². The summed E-state index contributed by atoms with van der Waals surface area (Å²) in [5.41, 5.74) is 5.69. The van der Waals surface area contributed by atoms with E-state index in [2.05, 4.69) is 48.5 Å². The van der Waals surface area contributed by atoms with Gasteiger partial charge in [0.05, 0.1) is 0 Å². The van der Waals surface area contributed by atoms with E-state index >= 15 is 0 Å². The molecule has 3 rings (SSSR count). The Morgan fingerprint density at radius 1 is 0.882 bits per heavy atom. The summed E-state index contributed by atoms with van der Waals surface area (Å²) in [6.07, 6.45) is 1.06. The van der Waals surface area contributed by atoms with E-state index in [1.807, 2.05) is 0 Å². The monoisotopic (exact) mass is 224 g/mol. The highest BCUT2D eigenvalue weighted by Gasteiger charge is 2.27. The Morgan fingerprint density at radius 2 is 1.41 bits per heavy atom. The van der Waals surface area contributed by atoms with Crippen molar-refractivity contribution in [2.75, 3.05) is 13.7 Å². The summed E-state index contributed by atoms with van der Waals surface area (Å²) in [5.74, 6) is 0.502. The molecule has 0 radical (unpaired) electrons. The predicted molar refractivity (Wildman–Crippen MR) is 70.2 cm³/mol. The number of rotatable bonds is 3. The molecule has 0 fully saturated rings. The van der Waals surface area contributed by atoms with Crippen molar-refractivity contribution in [2.45, 2.75) is 12.3 Å². The minimum absolute atomic E-state index is 0.502. The Morgan fingerprint density at radius 3 is 1.94 bits per heavy atom. The number of fused-ring (bicyclic) bond motifs is 3. The van der Waals surface area contributed by atoms with Crippen LogP contribution in [0.4, 0.5) is 0 Å². The summed E-state index contributed by atoms with van der Waals surface area (Å²) in [6, 6.07) is 17.4. The molecule has 1 heteroatoms. The molecule has 1 aliphatic carbocycles. The molecule has 0 atom stereocenters. The highest BCUT2D eigenvalue weighted by atomic mass is 16.5. The molecule has 0 aliphatic heterocycles. The molecule has 1 nitrogen and oxygen atoms in total. The van der Waals surface area contributed by atoms with Crippen molar-refractivity contribution in [3.8, 4) is 11.1 Å². The summed E-state index contributed by atoms with van der Waals surface area (Å²) in [5, 5.41) is 0. The van der Waals surface area contributed by atoms with Gasteiger partial charge in [0, 0.05) is 19.6 Å². The van der Waals surface area contributed by atoms with Crippen molar-refractivity contribution in [3.05, 3.63) is 59.7 Å². The van der Waals surface area contributed by atoms with Crippen LogP contribution in [0.1, 0.15) is 23.5 Å². The summed E-state index contributed by atoms with van der Waals surface area (Å²) in [6.45, 7) is 0.813. The van der Waals surface area contributed by atoms with Crippen molar-refractivity contribution in [1.82, 2.24) is 0 Å². The van der Waals surface area contributed by atoms with Crippen molar-refractivity contribution >= 4 is 0 Å². The molecule has 0 amide bonds. The van der Waals surface area contributed by atoms with Gasteiger partial charge in [0.15, 0.2) is 0 Å². The topological polar surface area (TPSA) is 9.23 Å². The second-order valence-electron chi connectivity index (χ2n) is 4.51. The van der Waals surface area contributed by atoms with Crippen LogP contribution in [0.5, 0.6) is 0 Å². The molecular formula is C16H16O. The van der Waals surface area contributed by atoms with Gasteiger partial charge >= 0.3 is 0 Å².